The summed E-state index contributed by atoms with van der Waals surface area (Å²) in [5, 5.41) is 9.18. The van der Waals surface area contributed by atoms with Gasteiger partial charge < -0.3 is 10.1 Å². The Kier molecular flexibility index (Phi) is 5.54. The molecule has 0 unspecified atom stereocenters. The molecule has 0 aliphatic carbocycles. The van der Waals surface area contributed by atoms with Gasteiger partial charge in [-0.15, -0.1) is 0 Å². The molecule has 3 aromatic carbocycles. The fourth-order valence-electron chi connectivity index (χ4n) is 3.60. The number of aromatic nitrogens is 2. The van der Waals surface area contributed by atoms with Crippen LogP contribution >= 0.6 is 0 Å². The van der Waals surface area contributed by atoms with Crippen LogP contribution in [0.2, 0.25) is 0 Å². The molecule has 0 bridgehead atoms. The van der Waals surface area contributed by atoms with Gasteiger partial charge in [-0.05, 0) is 49.7 Å². The molecule has 156 valence electrons. The SMILES string of the molecule is Cc1ccc(-n2nc(C)c(NC(=O)COc3ccc4ccccc4c3C=O)c2C)cc1. The first kappa shape index (κ1) is 20.3. The lowest BCUT2D eigenvalue weighted by Gasteiger charge is -2.11. The molecule has 0 aliphatic rings. The minimum Gasteiger partial charge on any atom is -0.483 e. The molecule has 31 heavy (non-hydrogen) atoms. The summed E-state index contributed by atoms with van der Waals surface area (Å²) >= 11 is 0. The first-order valence-corrected chi connectivity index (χ1v) is 10.0. The number of benzene rings is 3. The third kappa shape index (κ3) is 4.05. The van der Waals surface area contributed by atoms with Crippen molar-refractivity contribution >= 4 is 28.7 Å². The standard InChI is InChI=1S/C25H23N3O3/c1-16-8-11-20(12-9-16)28-18(3)25(17(2)27-28)26-24(30)15-31-23-13-10-19-6-4-5-7-21(19)22(23)14-29/h4-14H,15H2,1-3H3,(H,26,30). The van der Waals surface area contributed by atoms with Crippen molar-refractivity contribution in [1.82, 2.24) is 9.78 Å². The number of hydrogen-bond acceptors (Lipinski definition) is 4. The summed E-state index contributed by atoms with van der Waals surface area (Å²) in [6, 6.07) is 19.2. The maximum atomic E-state index is 12.6. The minimum atomic E-state index is -0.320. The van der Waals surface area contributed by atoms with Crippen LogP contribution in [0.15, 0.2) is 60.7 Å². The average Bonchev–Trinajstić information content (AvgIpc) is 3.06. The summed E-state index contributed by atoms with van der Waals surface area (Å²) in [6.45, 7) is 5.57. The van der Waals surface area contributed by atoms with E-state index >= 15 is 0 Å². The summed E-state index contributed by atoms with van der Waals surface area (Å²) in [5.74, 6) is 0.0623. The largest absolute Gasteiger partial charge is 0.483 e. The van der Waals surface area contributed by atoms with Crippen molar-refractivity contribution in [1.29, 1.82) is 0 Å². The molecular formula is C25H23N3O3. The molecule has 6 heteroatoms. The molecule has 6 nitrogen and oxygen atoms in total. The molecule has 1 heterocycles. The first-order chi connectivity index (χ1) is 15.0. The van der Waals surface area contributed by atoms with Gasteiger partial charge >= 0.3 is 0 Å². The van der Waals surface area contributed by atoms with Gasteiger partial charge in [0.05, 0.1) is 28.3 Å². The lowest BCUT2D eigenvalue weighted by molar-refractivity contribution is -0.118. The van der Waals surface area contributed by atoms with E-state index in [0.29, 0.717) is 22.7 Å². The second-order valence-corrected chi connectivity index (χ2v) is 7.45. The number of hydrogen-bond donors (Lipinski definition) is 1. The summed E-state index contributed by atoms with van der Waals surface area (Å²) in [5.41, 5.74) is 4.72. The van der Waals surface area contributed by atoms with Gasteiger partial charge in [0, 0.05) is 0 Å². The number of nitrogens with zero attached hydrogens (tertiary/aromatic N) is 2. The maximum absolute atomic E-state index is 12.6. The molecule has 1 amide bonds. The van der Waals surface area contributed by atoms with Crippen molar-refractivity contribution in [3.8, 4) is 11.4 Å². The van der Waals surface area contributed by atoms with E-state index < -0.39 is 0 Å². The van der Waals surface area contributed by atoms with Crippen LogP contribution in [0.3, 0.4) is 0 Å². The lowest BCUT2D eigenvalue weighted by atomic mass is 10.0. The maximum Gasteiger partial charge on any atom is 0.262 e. The fourth-order valence-corrected chi connectivity index (χ4v) is 3.60. The molecule has 1 aromatic heterocycles. The van der Waals surface area contributed by atoms with Crippen LogP contribution in [-0.4, -0.2) is 28.6 Å². The molecule has 0 aliphatic heterocycles. The van der Waals surface area contributed by atoms with E-state index in [0.717, 1.165) is 28.4 Å². The van der Waals surface area contributed by atoms with Gasteiger partial charge in [0.2, 0.25) is 0 Å². The summed E-state index contributed by atoms with van der Waals surface area (Å²) in [6.07, 6.45) is 0.759. The lowest BCUT2D eigenvalue weighted by Crippen LogP contribution is -2.21. The molecule has 0 fully saturated rings. The molecule has 0 radical (unpaired) electrons. The number of amides is 1. The van der Waals surface area contributed by atoms with Crippen molar-refractivity contribution in [2.45, 2.75) is 20.8 Å². The summed E-state index contributed by atoms with van der Waals surface area (Å²) < 4.78 is 7.49. The number of nitrogens with one attached hydrogen (secondary N) is 1. The van der Waals surface area contributed by atoms with E-state index in [1.165, 1.54) is 5.56 Å². The molecule has 0 spiro atoms. The Morgan fingerprint density at radius 2 is 1.77 bits per heavy atom. The van der Waals surface area contributed by atoms with Gasteiger partial charge in [-0.2, -0.15) is 5.10 Å². The van der Waals surface area contributed by atoms with Crippen molar-refractivity contribution in [2.75, 3.05) is 11.9 Å². The number of carbonyl (C=O) groups is 2. The van der Waals surface area contributed by atoms with Crippen LogP contribution in [0.5, 0.6) is 5.75 Å². The van der Waals surface area contributed by atoms with E-state index in [1.807, 2.05) is 75.4 Å². The van der Waals surface area contributed by atoms with Crippen molar-refractivity contribution in [3.63, 3.8) is 0 Å². The predicted molar refractivity (Wildman–Crippen MR) is 121 cm³/mol. The van der Waals surface area contributed by atoms with Crippen LogP contribution in [0.1, 0.15) is 27.3 Å². The van der Waals surface area contributed by atoms with Crippen molar-refractivity contribution < 1.29 is 14.3 Å². The molecule has 4 aromatic rings. The normalized spacial score (nSPS) is 10.8. The monoisotopic (exact) mass is 413 g/mol. The molecule has 4 rings (SSSR count). The van der Waals surface area contributed by atoms with Crippen LogP contribution in [-0.2, 0) is 4.79 Å². The number of anilines is 1. The van der Waals surface area contributed by atoms with E-state index in [2.05, 4.69) is 10.4 Å². The highest BCUT2D eigenvalue weighted by Crippen LogP contribution is 2.27. The molecular weight excluding hydrogens is 390 g/mol. The minimum absolute atomic E-state index is 0.215. The van der Waals surface area contributed by atoms with Crippen LogP contribution in [0.4, 0.5) is 5.69 Å². The Labute approximate surface area is 180 Å². The number of rotatable bonds is 6. The van der Waals surface area contributed by atoms with Crippen molar-refractivity contribution in [3.05, 3.63) is 83.2 Å². The Morgan fingerprint density at radius 3 is 2.52 bits per heavy atom. The number of aldehydes is 1. The van der Waals surface area contributed by atoms with Crippen LogP contribution < -0.4 is 10.1 Å². The zero-order valence-corrected chi connectivity index (χ0v) is 17.7. The average molecular weight is 413 g/mol. The second kappa shape index (κ2) is 8.44. The van der Waals surface area contributed by atoms with Gasteiger partial charge in [-0.25, -0.2) is 4.68 Å². The Morgan fingerprint density at radius 1 is 1.03 bits per heavy atom. The fraction of sp³-hybridized carbons (Fsp3) is 0.160. The van der Waals surface area contributed by atoms with Gasteiger partial charge in [0.25, 0.3) is 5.91 Å². The first-order valence-electron chi connectivity index (χ1n) is 10.0. The van der Waals surface area contributed by atoms with Gasteiger partial charge in [-0.3, -0.25) is 9.59 Å². The van der Waals surface area contributed by atoms with E-state index in [-0.39, 0.29) is 12.5 Å². The van der Waals surface area contributed by atoms with Crippen LogP contribution in [0, 0.1) is 20.8 Å². The van der Waals surface area contributed by atoms with Crippen LogP contribution in [0.25, 0.3) is 16.5 Å². The van der Waals surface area contributed by atoms with Gasteiger partial charge in [-0.1, -0.05) is 48.0 Å². The van der Waals surface area contributed by atoms with Gasteiger partial charge in [0.15, 0.2) is 12.9 Å². The summed E-state index contributed by atoms with van der Waals surface area (Å²) in [7, 11) is 0. The van der Waals surface area contributed by atoms with Crippen molar-refractivity contribution in [2.24, 2.45) is 0 Å². The third-order valence-corrected chi connectivity index (χ3v) is 5.24. The number of ether oxygens (including phenoxy) is 1. The van der Waals surface area contributed by atoms with E-state index in [1.54, 1.807) is 10.7 Å². The van der Waals surface area contributed by atoms with E-state index in [9.17, 15) is 9.59 Å². The second-order valence-electron chi connectivity index (χ2n) is 7.45. The predicted octanol–water partition coefficient (Wildman–Crippen LogP) is 4.78. The third-order valence-electron chi connectivity index (χ3n) is 5.24. The topological polar surface area (TPSA) is 73.2 Å². The Hall–Kier alpha value is -3.93. The highest BCUT2D eigenvalue weighted by molar-refractivity contribution is 6.01. The molecule has 0 saturated heterocycles. The highest BCUT2D eigenvalue weighted by atomic mass is 16.5. The number of carbonyl (C=O) groups excluding carboxylic acids is 2. The Bertz CT molecular complexity index is 1270. The zero-order chi connectivity index (χ0) is 22.0. The highest BCUT2D eigenvalue weighted by Gasteiger charge is 2.16. The van der Waals surface area contributed by atoms with Gasteiger partial charge in [0.1, 0.15) is 5.75 Å². The molecule has 1 N–H and O–H groups in total. The number of fused-ring (bicyclic) bond motifs is 1. The Balaban J connectivity index is 1.50. The quantitative estimate of drug-likeness (QED) is 0.462. The molecule has 0 saturated carbocycles. The smallest absolute Gasteiger partial charge is 0.262 e. The van der Waals surface area contributed by atoms with E-state index in [4.69, 9.17) is 4.74 Å². The molecule has 0 atom stereocenters. The number of aryl methyl sites for hydroxylation is 2. The zero-order valence-electron chi connectivity index (χ0n) is 17.7. The summed E-state index contributed by atoms with van der Waals surface area (Å²) in [4.78, 5) is 24.2.